The summed E-state index contributed by atoms with van der Waals surface area (Å²) in [7, 11) is 0. The number of carbonyl (C=O) groups excluding carboxylic acids is 2. The van der Waals surface area contributed by atoms with Gasteiger partial charge in [0, 0.05) is 38.3 Å². The number of nitrogens with two attached hydrogens (primary N) is 1. The molecule has 0 spiro atoms. The molecule has 5 nitrogen and oxygen atoms in total. The Bertz CT molecular complexity index is 796. The maximum absolute atomic E-state index is 13.8. The SMILES string of the molecule is NCc1ccc(C(=O)N2CCN(C(=O)c3c(F)cccc3F)CC2)cc1. The molecule has 0 aromatic heterocycles. The average Bonchev–Trinajstić information content (AvgIpc) is 2.67. The largest absolute Gasteiger partial charge is 0.335 e. The molecular formula is C19H19F2N3O2. The van der Waals surface area contributed by atoms with Crippen LogP contribution in [0.3, 0.4) is 0 Å². The first-order chi connectivity index (χ1) is 12.5. The number of hydrogen-bond donors (Lipinski definition) is 1. The first-order valence-electron chi connectivity index (χ1n) is 8.33. The molecule has 2 amide bonds. The Morgan fingerprint density at radius 2 is 1.35 bits per heavy atom. The van der Waals surface area contributed by atoms with E-state index in [1.54, 1.807) is 29.2 Å². The van der Waals surface area contributed by atoms with Gasteiger partial charge in [-0.25, -0.2) is 8.78 Å². The van der Waals surface area contributed by atoms with Crippen molar-refractivity contribution in [1.82, 2.24) is 9.80 Å². The van der Waals surface area contributed by atoms with Crippen molar-refractivity contribution >= 4 is 11.8 Å². The summed E-state index contributed by atoms with van der Waals surface area (Å²) < 4.78 is 27.6. The van der Waals surface area contributed by atoms with E-state index >= 15 is 0 Å². The third kappa shape index (κ3) is 3.57. The fraction of sp³-hybridized carbons (Fsp3) is 0.263. The molecular weight excluding hydrogens is 340 g/mol. The van der Waals surface area contributed by atoms with Crippen LogP contribution in [0.1, 0.15) is 26.3 Å². The standard InChI is InChI=1S/C19H19F2N3O2/c20-15-2-1-3-16(21)17(15)19(26)24-10-8-23(9-11-24)18(25)14-6-4-13(12-22)5-7-14/h1-7H,8-12,22H2. The van der Waals surface area contributed by atoms with Gasteiger partial charge < -0.3 is 15.5 Å². The molecule has 1 saturated heterocycles. The van der Waals surface area contributed by atoms with Gasteiger partial charge in [0.1, 0.15) is 17.2 Å². The van der Waals surface area contributed by atoms with Crippen LogP contribution in [0.4, 0.5) is 8.78 Å². The van der Waals surface area contributed by atoms with E-state index in [4.69, 9.17) is 5.73 Å². The van der Waals surface area contributed by atoms with Gasteiger partial charge in [0.25, 0.3) is 11.8 Å². The molecule has 1 heterocycles. The zero-order valence-electron chi connectivity index (χ0n) is 14.1. The van der Waals surface area contributed by atoms with E-state index in [-0.39, 0.29) is 19.0 Å². The number of nitrogens with zero attached hydrogens (tertiary/aromatic N) is 2. The second-order valence-corrected chi connectivity index (χ2v) is 6.08. The third-order valence-electron chi connectivity index (χ3n) is 4.47. The van der Waals surface area contributed by atoms with Crippen LogP contribution in [0.15, 0.2) is 42.5 Å². The highest BCUT2D eigenvalue weighted by molar-refractivity contribution is 5.96. The Morgan fingerprint density at radius 3 is 1.85 bits per heavy atom. The number of benzene rings is 2. The van der Waals surface area contributed by atoms with Crippen LogP contribution in [0.25, 0.3) is 0 Å². The summed E-state index contributed by atoms with van der Waals surface area (Å²) >= 11 is 0. The Balaban J connectivity index is 1.65. The van der Waals surface area contributed by atoms with Gasteiger partial charge in [-0.1, -0.05) is 18.2 Å². The Kier molecular flexibility index (Phi) is 5.27. The minimum Gasteiger partial charge on any atom is -0.335 e. The second-order valence-electron chi connectivity index (χ2n) is 6.08. The van der Waals surface area contributed by atoms with Gasteiger partial charge in [0.2, 0.25) is 0 Å². The maximum atomic E-state index is 13.8. The van der Waals surface area contributed by atoms with Crippen molar-refractivity contribution in [1.29, 1.82) is 0 Å². The van der Waals surface area contributed by atoms with E-state index in [2.05, 4.69) is 0 Å². The van der Waals surface area contributed by atoms with E-state index < -0.39 is 23.1 Å². The third-order valence-corrected chi connectivity index (χ3v) is 4.47. The van der Waals surface area contributed by atoms with Crippen LogP contribution < -0.4 is 5.73 Å². The van der Waals surface area contributed by atoms with Crippen molar-refractivity contribution in [2.24, 2.45) is 5.73 Å². The molecule has 1 fully saturated rings. The lowest BCUT2D eigenvalue weighted by molar-refractivity contribution is 0.0530. The van der Waals surface area contributed by atoms with Gasteiger partial charge in [-0.15, -0.1) is 0 Å². The van der Waals surface area contributed by atoms with E-state index in [0.717, 1.165) is 17.7 Å². The minimum atomic E-state index is -0.881. The molecule has 0 radical (unpaired) electrons. The Hall–Kier alpha value is -2.80. The predicted molar refractivity (Wildman–Crippen MR) is 92.5 cm³/mol. The molecule has 26 heavy (non-hydrogen) atoms. The molecule has 1 aliphatic rings. The van der Waals surface area contributed by atoms with Gasteiger partial charge in [0.15, 0.2) is 0 Å². The highest BCUT2D eigenvalue weighted by Gasteiger charge is 2.28. The fourth-order valence-electron chi connectivity index (χ4n) is 2.94. The number of halogens is 2. The van der Waals surface area contributed by atoms with Gasteiger partial charge in [-0.05, 0) is 29.8 Å². The van der Waals surface area contributed by atoms with Crippen molar-refractivity contribution in [3.8, 4) is 0 Å². The number of carbonyl (C=O) groups is 2. The van der Waals surface area contributed by atoms with Gasteiger partial charge in [-0.3, -0.25) is 9.59 Å². The predicted octanol–water partition coefficient (Wildman–Crippen LogP) is 2.02. The number of piperazine rings is 1. The normalized spacial score (nSPS) is 14.4. The van der Waals surface area contributed by atoms with Crippen LogP contribution in [0.5, 0.6) is 0 Å². The summed E-state index contributed by atoms with van der Waals surface area (Å²) in [6.45, 7) is 1.46. The highest BCUT2D eigenvalue weighted by Crippen LogP contribution is 2.17. The molecule has 0 aliphatic carbocycles. The monoisotopic (exact) mass is 359 g/mol. The van der Waals surface area contributed by atoms with Crippen molar-refractivity contribution in [2.75, 3.05) is 26.2 Å². The molecule has 2 aromatic carbocycles. The molecule has 0 atom stereocenters. The summed E-state index contributed by atoms with van der Waals surface area (Å²) in [5, 5.41) is 0. The summed E-state index contributed by atoms with van der Waals surface area (Å²) in [5.41, 5.74) is 6.47. The van der Waals surface area contributed by atoms with Crippen molar-refractivity contribution in [3.63, 3.8) is 0 Å². The lowest BCUT2D eigenvalue weighted by Gasteiger charge is -2.35. The molecule has 0 bridgehead atoms. The van der Waals surface area contributed by atoms with Gasteiger partial charge in [0.05, 0.1) is 0 Å². The molecule has 0 saturated carbocycles. The molecule has 3 rings (SSSR count). The summed E-state index contributed by atoms with van der Waals surface area (Å²) in [5.74, 6) is -2.60. The summed E-state index contributed by atoms with van der Waals surface area (Å²) in [6, 6.07) is 10.4. The van der Waals surface area contributed by atoms with Crippen molar-refractivity contribution in [3.05, 3.63) is 70.8 Å². The first kappa shape index (κ1) is 18.0. The van der Waals surface area contributed by atoms with Crippen LogP contribution in [0, 0.1) is 11.6 Å². The highest BCUT2D eigenvalue weighted by atomic mass is 19.1. The zero-order chi connectivity index (χ0) is 18.7. The van der Waals surface area contributed by atoms with Crippen LogP contribution in [-0.2, 0) is 6.54 Å². The van der Waals surface area contributed by atoms with Gasteiger partial charge >= 0.3 is 0 Å². The molecule has 0 unspecified atom stereocenters. The Labute approximate surface area is 150 Å². The van der Waals surface area contributed by atoms with E-state index in [9.17, 15) is 18.4 Å². The minimum absolute atomic E-state index is 0.141. The smallest absolute Gasteiger partial charge is 0.259 e. The van der Waals surface area contributed by atoms with Gasteiger partial charge in [-0.2, -0.15) is 0 Å². The molecule has 1 aliphatic heterocycles. The van der Waals surface area contributed by atoms with E-state index in [0.29, 0.717) is 25.2 Å². The number of hydrogen-bond acceptors (Lipinski definition) is 3. The topological polar surface area (TPSA) is 66.6 Å². The van der Waals surface area contributed by atoms with Crippen molar-refractivity contribution in [2.45, 2.75) is 6.54 Å². The van der Waals surface area contributed by atoms with E-state index in [1.165, 1.54) is 11.0 Å². The summed E-state index contributed by atoms with van der Waals surface area (Å²) in [6.07, 6.45) is 0. The lowest BCUT2D eigenvalue weighted by atomic mass is 10.1. The summed E-state index contributed by atoms with van der Waals surface area (Å²) in [4.78, 5) is 27.9. The number of rotatable bonds is 3. The van der Waals surface area contributed by atoms with E-state index in [1.807, 2.05) is 0 Å². The van der Waals surface area contributed by atoms with Crippen LogP contribution in [0.2, 0.25) is 0 Å². The van der Waals surface area contributed by atoms with Crippen LogP contribution in [-0.4, -0.2) is 47.8 Å². The number of amides is 2. The zero-order valence-corrected chi connectivity index (χ0v) is 14.1. The first-order valence-corrected chi connectivity index (χ1v) is 8.33. The van der Waals surface area contributed by atoms with Crippen LogP contribution >= 0.6 is 0 Å². The Morgan fingerprint density at radius 1 is 0.846 bits per heavy atom. The second kappa shape index (κ2) is 7.61. The molecule has 2 N–H and O–H groups in total. The van der Waals surface area contributed by atoms with Crippen molar-refractivity contribution < 1.29 is 18.4 Å². The lowest BCUT2D eigenvalue weighted by Crippen LogP contribution is -2.50. The molecule has 2 aromatic rings. The fourth-order valence-corrected chi connectivity index (χ4v) is 2.94. The molecule has 136 valence electrons. The average molecular weight is 359 g/mol. The quantitative estimate of drug-likeness (QED) is 0.912. The maximum Gasteiger partial charge on any atom is 0.259 e. The molecule has 7 heteroatoms.